The molecule has 0 spiro atoms. The molecule has 0 aliphatic carbocycles. The molecule has 0 fully saturated rings. The van der Waals surface area contributed by atoms with Gasteiger partial charge in [0.15, 0.2) is 5.88 Å². The Morgan fingerprint density at radius 2 is 2.08 bits per heavy atom. The lowest BCUT2D eigenvalue weighted by Crippen LogP contribution is -2.13. The van der Waals surface area contributed by atoms with E-state index >= 15 is 0 Å². The van der Waals surface area contributed by atoms with Crippen LogP contribution in [0.15, 0.2) is 52.4 Å². The number of aldehydes is 1. The van der Waals surface area contributed by atoms with Gasteiger partial charge in [0.1, 0.15) is 6.29 Å². The fourth-order valence-electron chi connectivity index (χ4n) is 2.38. The number of aromatic amines is 1. The predicted molar refractivity (Wildman–Crippen MR) is 103 cm³/mol. The molecule has 0 radical (unpaired) electrons. The molecule has 25 heavy (non-hydrogen) atoms. The van der Waals surface area contributed by atoms with E-state index in [0.717, 1.165) is 22.1 Å². The van der Waals surface area contributed by atoms with Gasteiger partial charge in [-0.25, -0.2) is 0 Å². The molecule has 0 aliphatic heterocycles. The summed E-state index contributed by atoms with van der Waals surface area (Å²) in [5, 5.41) is 11.1. The van der Waals surface area contributed by atoms with Crippen LogP contribution >= 0.6 is 11.9 Å². The van der Waals surface area contributed by atoms with Crippen LogP contribution in [-0.4, -0.2) is 28.6 Å². The van der Waals surface area contributed by atoms with Gasteiger partial charge in [0.25, 0.3) is 0 Å². The molecule has 0 saturated heterocycles. The van der Waals surface area contributed by atoms with Crippen LogP contribution in [0.3, 0.4) is 0 Å². The second-order valence-corrected chi connectivity index (χ2v) is 6.85. The van der Waals surface area contributed by atoms with Crippen LogP contribution in [0.4, 0.5) is 5.69 Å². The lowest BCUT2D eigenvalue weighted by molar-refractivity contribution is 0.112. The Bertz CT molecular complexity index is 932. The van der Waals surface area contributed by atoms with E-state index in [1.165, 1.54) is 0 Å². The minimum atomic E-state index is 0.0734. The molecular weight excluding hydrogens is 334 g/mol. The van der Waals surface area contributed by atoms with Crippen molar-refractivity contribution < 1.29 is 9.90 Å². The van der Waals surface area contributed by atoms with Crippen LogP contribution < -0.4 is 4.72 Å². The number of hydrogen-bond acceptors (Lipinski definition) is 5. The van der Waals surface area contributed by atoms with Gasteiger partial charge >= 0.3 is 0 Å². The molecular formula is C19H19N3O2S. The molecule has 3 rings (SSSR count). The van der Waals surface area contributed by atoms with Gasteiger partial charge in [0.2, 0.25) is 0 Å². The Labute approximate surface area is 150 Å². The van der Waals surface area contributed by atoms with Crippen molar-refractivity contribution >= 4 is 41.0 Å². The van der Waals surface area contributed by atoms with Crippen molar-refractivity contribution in [1.82, 2.24) is 9.71 Å². The quantitative estimate of drug-likeness (QED) is 0.348. The van der Waals surface area contributed by atoms with E-state index < -0.39 is 0 Å². The topological polar surface area (TPSA) is 77.5 Å². The predicted octanol–water partition coefficient (Wildman–Crippen LogP) is 4.44. The molecule has 3 N–H and O–H groups in total. The van der Waals surface area contributed by atoms with Gasteiger partial charge < -0.3 is 10.1 Å². The normalized spacial score (nSPS) is 11.6. The van der Waals surface area contributed by atoms with Crippen molar-refractivity contribution in [3.05, 3.63) is 53.6 Å². The van der Waals surface area contributed by atoms with Gasteiger partial charge in [-0.2, -0.15) is 0 Å². The van der Waals surface area contributed by atoms with Crippen molar-refractivity contribution in [3.63, 3.8) is 0 Å². The zero-order valence-corrected chi connectivity index (χ0v) is 14.8. The van der Waals surface area contributed by atoms with Gasteiger partial charge in [-0.1, -0.05) is 12.1 Å². The highest BCUT2D eigenvalue weighted by molar-refractivity contribution is 7.97. The van der Waals surface area contributed by atoms with E-state index in [0.29, 0.717) is 22.9 Å². The first kappa shape index (κ1) is 17.3. The molecule has 0 aliphatic rings. The molecule has 3 aromatic rings. The first-order chi connectivity index (χ1) is 12.1. The number of hydrogen-bond donors (Lipinski definition) is 3. The van der Waals surface area contributed by atoms with Crippen molar-refractivity contribution in [3.8, 4) is 5.88 Å². The summed E-state index contributed by atoms with van der Waals surface area (Å²) in [5.74, 6) is 0.0734. The summed E-state index contributed by atoms with van der Waals surface area (Å²) in [6, 6.07) is 13.3. The lowest BCUT2D eigenvalue weighted by atomic mass is 10.2. The van der Waals surface area contributed by atoms with Gasteiger partial charge in [-0.15, -0.1) is 0 Å². The fourth-order valence-corrected chi connectivity index (χ4v) is 3.06. The van der Waals surface area contributed by atoms with Gasteiger partial charge in [0.05, 0.1) is 11.3 Å². The largest absolute Gasteiger partial charge is 0.494 e. The van der Waals surface area contributed by atoms with Gasteiger partial charge in [-0.05, 0) is 56.1 Å². The van der Waals surface area contributed by atoms with Crippen LogP contribution in [0.5, 0.6) is 5.88 Å². The number of carbonyl (C=O) groups is 1. The number of aliphatic imine (C=N–C) groups is 1. The van der Waals surface area contributed by atoms with Crippen LogP contribution in [0.2, 0.25) is 0 Å². The summed E-state index contributed by atoms with van der Waals surface area (Å²) in [5.41, 5.74) is 2.69. The van der Waals surface area contributed by atoms with E-state index in [9.17, 15) is 9.90 Å². The van der Waals surface area contributed by atoms with Crippen molar-refractivity contribution in [2.75, 3.05) is 0 Å². The first-order valence-corrected chi connectivity index (χ1v) is 8.75. The summed E-state index contributed by atoms with van der Waals surface area (Å²) in [6.07, 6.45) is 2.40. The number of carbonyl (C=O) groups excluding carboxylic acids is 1. The number of rotatable bonds is 6. The number of fused-ring (bicyclic) bond motifs is 1. The zero-order valence-electron chi connectivity index (χ0n) is 14.0. The summed E-state index contributed by atoms with van der Waals surface area (Å²) >= 11 is 1.55. The maximum Gasteiger partial charge on any atom is 0.198 e. The van der Waals surface area contributed by atoms with Crippen LogP contribution in [0, 0.1) is 0 Å². The number of benzene rings is 2. The fraction of sp³-hybridized carbons (Fsp3) is 0.158. The number of nitrogens with zero attached hydrogens (tertiary/aromatic N) is 1. The van der Waals surface area contributed by atoms with E-state index in [2.05, 4.69) is 28.5 Å². The summed E-state index contributed by atoms with van der Waals surface area (Å²) in [7, 11) is 0. The number of nitrogens with one attached hydrogen (secondary N) is 2. The Balaban J connectivity index is 1.94. The summed E-state index contributed by atoms with van der Waals surface area (Å²) < 4.78 is 3.30. The van der Waals surface area contributed by atoms with E-state index in [-0.39, 0.29) is 5.88 Å². The molecule has 0 bridgehead atoms. The van der Waals surface area contributed by atoms with Gasteiger partial charge in [0, 0.05) is 33.6 Å². The molecule has 0 amide bonds. The van der Waals surface area contributed by atoms with Crippen molar-refractivity contribution in [2.45, 2.75) is 24.8 Å². The maximum absolute atomic E-state index is 10.9. The SMILES string of the molecule is CC(C)NSc1ccc2[nH]c(O)c(C=Nc3cccc(C=O)c3)c2c1. The second kappa shape index (κ2) is 7.55. The standard InChI is InChI=1S/C19H19N3O2S/c1-12(2)22-25-15-6-7-18-16(9-15)17(19(24)21-18)10-20-14-5-3-4-13(8-14)11-23/h3-12,21-22,24H,1-2H3. The third-order valence-corrected chi connectivity index (χ3v) is 4.63. The molecule has 0 saturated carbocycles. The zero-order chi connectivity index (χ0) is 17.8. The number of H-pyrrole nitrogens is 1. The third-order valence-electron chi connectivity index (χ3n) is 3.55. The number of aromatic hydroxyl groups is 1. The molecule has 2 aromatic carbocycles. The van der Waals surface area contributed by atoms with E-state index in [1.807, 2.05) is 24.3 Å². The average Bonchev–Trinajstić information content (AvgIpc) is 2.93. The third kappa shape index (κ3) is 4.10. The molecule has 0 unspecified atom stereocenters. The summed E-state index contributed by atoms with van der Waals surface area (Å²) in [6.45, 7) is 4.17. The lowest BCUT2D eigenvalue weighted by Gasteiger charge is -2.06. The van der Waals surface area contributed by atoms with Crippen molar-refractivity contribution in [2.24, 2.45) is 4.99 Å². The van der Waals surface area contributed by atoms with Crippen molar-refractivity contribution in [1.29, 1.82) is 0 Å². The number of aromatic nitrogens is 1. The maximum atomic E-state index is 10.9. The molecule has 6 heteroatoms. The van der Waals surface area contributed by atoms with E-state index in [1.54, 1.807) is 36.4 Å². The van der Waals surface area contributed by atoms with Crippen LogP contribution in [0.1, 0.15) is 29.8 Å². The Kier molecular flexibility index (Phi) is 5.21. The Hall–Kier alpha value is -2.57. The monoisotopic (exact) mass is 353 g/mol. The van der Waals surface area contributed by atoms with Crippen LogP contribution in [-0.2, 0) is 0 Å². The smallest absolute Gasteiger partial charge is 0.198 e. The molecule has 1 heterocycles. The molecule has 0 atom stereocenters. The minimum Gasteiger partial charge on any atom is -0.494 e. The summed E-state index contributed by atoms with van der Waals surface area (Å²) in [4.78, 5) is 19.3. The van der Waals surface area contributed by atoms with Crippen LogP contribution in [0.25, 0.3) is 10.9 Å². The van der Waals surface area contributed by atoms with Gasteiger partial charge in [-0.3, -0.25) is 14.5 Å². The highest BCUT2D eigenvalue weighted by atomic mass is 32.2. The van der Waals surface area contributed by atoms with E-state index in [4.69, 9.17) is 0 Å². The second-order valence-electron chi connectivity index (χ2n) is 5.94. The minimum absolute atomic E-state index is 0.0734. The average molecular weight is 353 g/mol. The highest BCUT2D eigenvalue weighted by Crippen LogP contribution is 2.29. The molecule has 5 nitrogen and oxygen atoms in total. The first-order valence-electron chi connectivity index (χ1n) is 7.93. The Morgan fingerprint density at radius 3 is 2.84 bits per heavy atom. The highest BCUT2D eigenvalue weighted by Gasteiger charge is 2.10. The molecule has 128 valence electrons. The Morgan fingerprint density at radius 1 is 1.24 bits per heavy atom. The molecule has 1 aromatic heterocycles.